The Kier molecular flexibility index (Phi) is 9.66. The molecule has 6 nitrogen and oxygen atoms in total. The fraction of sp³-hybridized carbons (Fsp3) is 0.783. The molecule has 0 unspecified atom stereocenters. The summed E-state index contributed by atoms with van der Waals surface area (Å²) in [4.78, 5) is 14.4. The van der Waals surface area contributed by atoms with Gasteiger partial charge in [0.15, 0.2) is 0 Å². The van der Waals surface area contributed by atoms with Crippen LogP contribution in [0.5, 0.6) is 6.01 Å². The molecule has 2 heterocycles. The number of aryl methyl sites for hydroxylation is 1. The summed E-state index contributed by atoms with van der Waals surface area (Å²) < 4.78 is 6.11. The Hall–Kier alpha value is -1.87. The van der Waals surface area contributed by atoms with Gasteiger partial charge in [-0.15, -0.1) is 0 Å². The van der Waals surface area contributed by atoms with E-state index in [0.717, 1.165) is 56.8 Å². The van der Waals surface area contributed by atoms with Crippen LogP contribution in [0.25, 0.3) is 0 Å². The maximum absolute atomic E-state index is 9.09. The Morgan fingerprint density at radius 1 is 1.28 bits per heavy atom. The van der Waals surface area contributed by atoms with Gasteiger partial charge in [-0.25, -0.2) is 0 Å². The molecule has 1 fully saturated rings. The van der Waals surface area contributed by atoms with E-state index in [1.807, 2.05) is 0 Å². The second-order valence-electron chi connectivity index (χ2n) is 8.36. The van der Waals surface area contributed by atoms with Gasteiger partial charge in [-0.2, -0.15) is 15.2 Å². The first-order valence-electron chi connectivity index (χ1n) is 11.4. The number of likely N-dealkylation sites (N-methyl/N-ethyl adjacent to an activating group) is 1. The van der Waals surface area contributed by atoms with Crippen molar-refractivity contribution in [3.05, 3.63) is 11.3 Å². The molecular weight excluding hydrogens is 362 g/mol. The van der Waals surface area contributed by atoms with Crippen molar-refractivity contribution < 1.29 is 4.74 Å². The van der Waals surface area contributed by atoms with Crippen molar-refractivity contribution in [2.45, 2.75) is 78.7 Å². The smallest absolute Gasteiger partial charge is 0.318 e. The Morgan fingerprint density at radius 3 is 2.66 bits per heavy atom. The molecule has 0 aromatic carbocycles. The van der Waals surface area contributed by atoms with Gasteiger partial charge in [0, 0.05) is 31.1 Å². The molecule has 1 saturated heterocycles. The lowest BCUT2D eigenvalue weighted by molar-refractivity contribution is 0.187. The number of hydrogen-bond acceptors (Lipinski definition) is 6. The number of aromatic nitrogens is 2. The third-order valence-electron chi connectivity index (χ3n) is 5.73. The maximum Gasteiger partial charge on any atom is 0.318 e. The van der Waals surface area contributed by atoms with E-state index >= 15 is 0 Å². The van der Waals surface area contributed by atoms with Crippen molar-refractivity contribution in [3.8, 4) is 12.1 Å². The van der Waals surface area contributed by atoms with Crippen LogP contribution in [0.1, 0.15) is 71.1 Å². The Bertz CT molecular complexity index is 672. The highest BCUT2D eigenvalue weighted by atomic mass is 16.5. The Labute approximate surface area is 177 Å². The molecule has 29 heavy (non-hydrogen) atoms. The van der Waals surface area contributed by atoms with E-state index < -0.39 is 0 Å². The summed E-state index contributed by atoms with van der Waals surface area (Å²) in [6.07, 6.45) is 6.91. The van der Waals surface area contributed by atoms with Crippen LogP contribution in [-0.4, -0.2) is 54.2 Å². The number of rotatable bonds is 12. The predicted octanol–water partition coefficient (Wildman–Crippen LogP) is 4.23. The molecule has 162 valence electrons. The third-order valence-corrected chi connectivity index (χ3v) is 5.73. The van der Waals surface area contributed by atoms with Crippen LogP contribution in [0, 0.1) is 17.2 Å². The van der Waals surface area contributed by atoms with Crippen LogP contribution in [0.15, 0.2) is 0 Å². The molecule has 0 saturated carbocycles. The summed E-state index contributed by atoms with van der Waals surface area (Å²) >= 11 is 0. The number of nitrogens with zero attached hydrogens (tertiary/aromatic N) is 5. The minimum Gasteiger partial charge on any atom is -0.462 e. The molecule has 1 aromatic rings. The number of ether oxygens (including phenoxy) is 1. The number of likely N-dealkylation sites (tertiary alicyclic amines) is 1. The van der Waals surface area contributed by atoms with Gasteiger partial charge in [-0.1, -0.05) is 34.1 Å². The monoisotopic (exact) mass is 401 g/mol. The fourth-order valence-electron chi connectivity index (χ4n) is 4.13. The predicted molar refractivity (Wildman–Crippen MR) is 118 cm³/mol. The minimum atomic E-state index is 0.303. The standard InChI is InChI=1S/C23H39N5O/c1-6-10-20-21(8-3)25-23(29-17-19-11-9-15-27(19)5)26-22(20)28(14-7-2)16-18(4)12-13-24/h18-19H,6-12,14-17H2,1-5H3/t18-,19-/m0/s1. The highest BCUT2D eigenvalue weighted by Crippen LogP contribution is 2.27. The molecule has 2 atom stereocenters. The number of anilines is 1. The van der Waals surface area contributed by atoms with Gasteiger partial charge < -0.3 is 14.5 Å². The van der Waals surface area contributed by atoms with Crippen molar-refractivity contribution in [3.63, 3.8) is 0 Å². The molecule has 6 heteroatoms. The zero-order chi connectivity index (χ0) is 21.2. The zero-order valence-electron chi connectivity index (χ0n) is 19.1. The summed E-state index contributed by atoms with van der Waals surface area (Å²) in [6, 6.07) is 3.26. The summed E-state index contributed by atoms with van der Waals surface area (Å²) in [5.41, 5.74) is 2.35. The van der Waals surface area contributed by atoms with Crippen LogP contribution in [0.4, 0.5) is 5.82 Å². The van der Waals surface area contributed by atoms with Gasteiger partial charge in [-0.3, -0.25) is 0 Å². The molecule has 2 rings (SSSR count). The quantitative estimate of drug-likeness (QED) is 0.522. The van der Waals surface area contributed by atoms with Gasteiger partial charge >= 0.3 is 6.01 Å². The Balaban J connectivity index is 2.32. The lowest BCUT2D eigenvalue weighted by Crippen LogP contribution is -2.33. The summed E-state index contributed by atoms with van der Waals surface area (Å²) in [5, 5.41) is 9.09. The first kappa shape index (κ1) is 23.4. The largest absolute Gasteiger partial charge is 0.462 e. The zero-order valence-corrected chi connectivity index (χ0v) is 19.1. The van der Waals surface area contributed by atoms with Crippen LogP contribution >= 0.6 is 0 Å². The number of hydrogen-bond donors (Lipinski definition) is 0. The molecule has 0 spiro atoms. The summed E-state index contributed by atoms with van der Waals surface area (Å²) in [7, 11) is 2.16. The van der Waals surface area contributed by atoms with Gasteiger partial charge in [-0.05, 0) is 51.6 Å². The van der Waals surface area contributed by atoms with E-state index in [2.05, 4.69) is 50.6 Å². The minimum absolute atomic E-state index is 0.303. The van der Waals surface area contributed by atoms with Crippen molar-refractivity contribution in [2.75, 3.05) is 38.2 Å². The van der Waals surface area contributed by atoms with Crippen molar-refractivity contribution in [2.24, 2.45) is 5.92 Å². The van der Waals surface area contributed by atoms with E-state index in [0.29, 0.717) is 31.0 Å². The maximum atomic E-state index is 9.09. The molecule has 0 radical (unpaired) electrons. The molecule has 0 bridgehead atoms. The van der Waals surface area contributed by atoms with E-state index in [1.165, 1.54) is 18.4 Å². The Morgan fingerprint density at radius 2 is 2.07 bits per heavy atom. The SMILES string of the molecule is CCCc1c(CC)nc(OC[C@@H]2CCCN2C)nc1N(CCC)C[C@@H](C)CC#N. The van der Waals surface area contributed by atoms with Crippen LogP contribution < -0.4 is 9.64 Å². The highest BCUT2D eigenvalue weighted by molar-refractivity contribution is 5.50. The van der Waals surface area contributed by atoms with Crippen molar-refractivity contribution in [1.82, 2.24) is 14.9 Å². The van der Waals surface area contributed by atoms with Gasteiger partial charge in [0.1, 0.15) is 12.4 Å². The van der Waals surface area contributed by atoms with Crippen LogP contribution in [0.3, 0.4) is 0 Å². The normalized spacial score (nSPS) is 17.9. The summed E-state index contributed by atoms with van der Waals surface area (Å²) in [5.74, 6) is 1.32. The van der Waals surface area contributed by atoms with Gasteiger partial charge in [0.25, 0.3) is 0 Å². The van der Waals surface area contributed by atoms with Crippen molar-refractivity contribution in [1.29, 1.82) is 5.26 Å². The second kappa shape index (κ2) is 12.0. The summed E-state index contributed by atoms with van der Waals surface area (Å²) in [6.45, 7) is 12.2. The van der Waals surface area contributed by atoms with Crippen molar-refractivity contribution >= 4 is 5.82 Å². The molecule has 1 aliphatic rings. The molecule has 1 aromatic heterocycles. The first-order chi connectivity index (χ1) is 14.0. The highest BCUT2D eigenvalue weighted by Gasteiger charge is 2.24. The van der Waals surface area contributed by atoms with Crippen LogP contribution in [0.2, 0.25) is 0 Å². The van der Waals surface area contributed by atoms with E-state index in [9.17, 15) is 0 Å². The average molecular weight is 402 g/mol. The van der Waals surface area contributed by atoms with E-state index in [1.54, 1.807) is 0 Å². The molecule has 1 aliphatic heterocycles. The molecule has 0 amide bonds. The lowest BCUT2D eigenvalue weighted by Gasteiger charge is -2.29. The third kappa shape index (κ3) is 6.57. The average Bonchev–Trinajstić information content (AvgIpc) is 3.11. The fourth-order valence-corrected chi connectivity index (χ4v) is 4.13. The first-order valence-corrected chi connectivity index (χ1v) is 11.4. The molecule has 0 N–H and O–H groups in total. The second-order valence-corrected chi connectivity index (χ2v) is 8.36. The number of nitriles is 1. The topological polar surface area (TPSA) is 65.3 Å². The van der Waals surface area contributed by atoms with E-state index in [-0.39, 0.29) is 0 Å². The molecule has 0 aliphatic carbocycles. The lowest BCUT2D eigenvalue weighted by atomic mass is 10.0. The van der Waals surface area contributed by atoms with Gasteiger partial charge in [0.2, 0.25) is 0 Å². The van der Waals surface area contributed by atoms with Crippen LogP contribution in [-0.2, 0) is 12.8 Å². The van der Waals surface area contributed by atoms with Gasteiger partial charge in [0.05, 0.1) is 11.8 Å². The molecular formula is C23H39N5O. The van der Waals surface area contributed by atoms with E-state index in [4.69, 9.17) is 20.0 Å².